The lowest BCUT2D eigenvalue weighted by Crippen LogP contribution is -2.23. The van der Waals surface area contributed by atoms with Gasteiger partial charge >= 0.3 is 11.9 Å². The highest BCUT2D eigenvalue weighted by molar-refractivity contribution is 5.95. The van der Waals surface area contributed by atoms with Crippen molar-refractivity contribution in [2.45, 2.75) is 0 Å². The zero-order chi connectivity index (χ0) is 9.56. The molecule has 0 rings (SSSR count). The van der Waals surface area contributed by atoms with Gasteiger partial charge in [0.1, 0.15) is 6.61 Å². The van der Waals surface area contributed by atoms with E-state index < -0.39 is 17.9 Å². The van der Waals surface area contributed by atoms with Crippen LogP contribution in [-0.2, 0) is 14.3 Å². The summed E-state index contributed by atoms with van der Waals surface area (Å²) in [5, 5.41) is 8.45. The summed E-state index contributed by atoms with van der Waals surface area (Å²) < 4.78 is 4.50. The van der Waals surface area contributed by atoms with Crippen molar-refractivity contribution in [1.29, 1.82) is 0 Å². The van der Waals surface area contributed by atoms with E-state index in [2.05, 4.69) is 17.9 Å². The average Bonchev–Trinajstić information content (AvgIpc) is 2.01. The number of hydrogen-bond donors (Lipinski definition) is 1. The van der Waals surface area contributed by atoms with Gasteiger partial charge in [0.25, 0.3) is 0 Å². The number of carboxylic acids is 1. The Morgan fingerprint density at radius 2 is 2.08 bits per heavy atom. The van der Waals surface area contributed by atoms with Crippen molar-refractivity contribution >= 4 is 11.9 Å². The van der Waals surface area contributed by atoms with Gasteiger partial charge in [-0.3, -0.25) is 9.59 Å². The van der Waals surface area contributed by atoms with Crippen LogP contribution < -0.4 is 0 Å². The van der Waals surface area contributed by atoms with E-state index >= 15 is 0 Å². The van der Waals surface area contributed by atoms with Gasteiger partial charge in [-0.15, -0.1) is 6.58 Å². The predicted octanol–water partition coefficient (Wildman–Crippen LogP) is 0.602. The van der Waals surface area contributed by atoms with Gasteiger partial charge in [-0.05, 0) is 0 Å². The number of rotatable bonds is 5. The highest BCUT2D eigenvalue weighted by Crippen LogP contribution is 2.01. The van der Waals surface area contributed by atoms with Crippen LogP contribution in [0.1, 0.15) is 0 Å². The average molecular weight is 170 g/mol. The standard InChI is InChI=1S/C8H10O4/c1-3-5-12-8(11)6(4-2)7(9)10/h3-4,6H,1-2,5H2,(H,9,10). The van der Waals surface area contributed by atoms with E-state index in [-0.39, 0.29) is 6.61 Å². The number of hydrogen-bond acceptors (Lipinski definition) is 3. The van der Waals surface area contributed by atoms with Crippen LogP contribution in [0.5, 0.6) is 0 Å². The Labute approximate surface area is 70.1 Å². The molecule has 0 fully saturated rings. The maximum atomic E-state index is 10.9. The van der Waals surface area contributed by atoms with Crippen LogP contribution in [0.15, 0.2) is 25.3 Å². The van der Waals surface area contributed by atoms with Crippen LogP contribution in [0.4, 0.5) is 0 Å². The topological polar surface area (TPSA) is 63.6 Å². The molecule has 0 aliphatic rings. The normalized spacial score (nSPS) is 11.3. The maximum absolute atomic E-state index is 10.9. The molecule has 1 atom stereocenters. The molecule has 1 N–H and O–H groups in total. The zero-order valence-electron chi connectivity index (χ0n) is 6.53. The lowest BCUT2D eigenvalue weighted by atomic mass is 10.1. The minimum Gasteiger partial charge on any atom is -0.480 e. The first kappa shape index (κ1) is 10.4. The third-order valence-electron chi connectivity index (χ3n) is 1.10. The highest BCUT2D eigenvalue weighted by atomic mass is 16.5. The van der Waals surface area contributed by atoms with E-state index in [4.69, 9.17) is 5.11 Å². The summed E-state index contributed by atoms with van der Waals surface area (Å²) in [4.78, 5) is 21.2. The zero-order valence-corrected chi connectivity index (χ0v) is 6.53. The van der Waals surface area contributed by atoms with E-state index in [1.165, 1.54) is 6.08 Å². The molecule has 0 amide bonds. The number of esters is 1. The number of carboxylic acid groups (broad SMARTS) is 1. The molecule has 1 unspecified atom stereocenters. The van der Waals surface area contributed by atoms with Crippen molar-refractivity contribution in [3.8, 4) is 0 Å². The molecule has 0 saturated carbocycles. The second-order valence-corrected chi connectivity index (χ2v) is 1.97. The molecule has 0 bridgehead atoms. The maximum Gasteiger partial charge on any atom is 0.324 e. The molecule has 0 aromatic carbocycles. The second-order valence-electron chi connectivity index (χ2n) is 1.97. The summed E-state index contributed by atoms with van der Waals surface area (Å²) in [6, 6.07) is 0. The van der Waals surface area contributed by atoms with Crippen LogP contribution in [0, 0.1) is 5.92 Å². The Hall–Kier alpha value is -1.58. The lowest BCUT2D eigenvalue weighted by Gasteiger charge is -2.05. The Balaban J connectivity index is 4.12. The van der Waals surface area contributed by atoms with Crippen molar-refractivity contribution in [3.63, 3.8) is 0 Å². The van der Waals surface area contributed by atoms with Crippen molar-refractivity contribution in [2.24, 2.45) is 5.92 Å². The fourth-order valence-corrected chi connectivity index (χ4v) is 0.529. The Morgan fingerprint density at radius 1 is 1.50 bits per heavy atom. The molecule has 0 aliphatic heterocycles. The molecule has 0 radical (unpaired) electrons. The van der Waals surface area contributed by atoms with E-state index in [0.29, 0.717) is 0 Å². The number of carbonyl (C=O) groups excluding carboxylic acids is 1. The van der Waals surface area contributed by atoms with Gasteiger partial charge in [-0.25, -0.2) is 0 Å². The third kappa shape index (κ3) is 3.01. The molecule has 4 nitrogen and oxygen atoms in total. The minimum atomic E-state index is -1.29. The number of aliphatic carboxylic acids is 1. The van der Waals surface area contributed by atoms with Gasteiger partial charge in [0.05, 0.1) is 0 Å². The largest absolute Gasteiger partial charge is 0.480 e. The van der Waals surface area contributed by atoms with Crippen molar-refractivity contribution in [1.82, 2.24) is 0 Å². The monoisotopic (exact) mass is 170 g/mol. The summed E-state index contributed by atoms with van der Waals surface area (Å²) in [6.07, 6.45) is 2.38. The first-order valence-electron chi connectivity index (χ1n) is 3.26. The highest BCUT2D eigenvalue weighted by Gasteiger charge is 2.23. The second kappa shape index (κ2) is 5.12. The summed E-state index contributed by atoms with van der Waals surface area (Å²) in [6.45, 7) is 6.53. The molecule has 0 aliphatic carbocycles. The molecule has 66 valence electrons. The molecule has 0 saturated heterocycles. The first-order valence-corrected chi connectivity index (χ1v) is 3.26. The van der Waals surface area contributed by atoms with Crippen LogP contribution in [0.2, 0.25) is 0 Å². The van der Waals surface area contributed by atoms with Crippen LogP contribution in [0.3, 0.4) is 0 Å². The summed E-state index contributed by atoms with van der Waals surface area (Å²) in [5.74, 6) is -3.37. The Bertz CT molecular complexity index is 207. The first-order chi connectivity index (χ1) is 5.63. The van der Waals surface area contributed by atoms with Crippen LogP contribution in [-0.4, -0.2) is 23.7 Å². The van der Waals surface area contributed by atoms with Gasteiger partial charge in [0, 0.05) is 0 Å². The minimum absolute atomic E-state index is 0.0104. The van der Waals surface area contributed by atoms with Crippen LogP contribution in [0.25, 0.3) is 0 Å². The molecule has 0 heterocycles. The van der Waals surface area contributed by atoms with Crippen molar-refractivity contribution < 1.29 is 19.4 Å². The lowest BCUT2D eigenvalue weighted by molar-refractivity contribution is -0.155. The van der Waals surface area contributed by atoms with E-state index in [1.807, 2.05) is 0 Å². The molecular weight excluding hydrogens is 160 g/mol. The molecule has 4 heteroatoms. The Morgan fingerprint density at radius 3 is 2.42 bits per heavy atom. The van der Waals surface area contributed by atoms with Gasteiger partial charge in [-0.1, -0.05) is 18.7 Å². The van der Waals surface area contributed by atoms with E-state index in [1.54, 1.807) is 0 Å². The molecule has 0 aromatic rings. The molecule has 0 spiro atoms. The molecule has 0 aromatic heterocycles. The molecular formula is C8H10O4. The fourth-order valence-electron chi connectivity index (χ4n) is 0.529. The van der Waals surface area contributed by atoms with Gasteiger partial charge in [-0.2, -0.15) is 0 Å². The van der Waals surface area contributed by atoms with Crippen LogP contribution >= 0.6 is 0 Å². The van der Waals surface area contributed by atoms with E-state index in [0.717, 1.165) is 6.08 Å². The summed E-state index contributed by atoms with van der Waals surface area (Å²) in [5.41, 5.74) is 0. The predicted molar refractivity (Wildman–Crippen MR) is 42.5 cm³/mol. The molecule has 12 heavy (non-hydrogen) atoms. The van der Waals surface area contributed by atoms with Gasteiger partial charge in [0.15, 0.2) is 5.92 Å². The number of carbonyl (C=O) groups is 2. The van der Waals surface area contributed by atoms with E-state index in [9.17, 15) is 9.59 Å². The smallest absolute Gasteiger partial charge is 0.324 e. The van der Waals surface area contributed by atoms with Gasteiger partial charge in [0.2, 0.25) is 0 Å². The van der Waals surface area contributed by atoms with Crippen molar-refractivity contribution in [3.05, 3.63) is 25.3 Å². The third-order valence-corrected chi connectivity index (χ3v) is 1.10. The van der Waals surface area contributed by atoms with Crippen molar-refractivity contribution in [2.75, 3.05) is 6.61 Å². The fraction of sp³-hybridized carbons (Fsp3) is 0.250. The number of ether oxygens (including phenoxy) is 1. The quantitative estimate of drug-likeness (QED) is 0.373. The Kier molecular flexibility index (Phi) is 4.45. The SMILES string of the molecule is C=CCOC(=O)C(C=C)C(=O)O. The summed E-state index contributed by atoms with van der Waals surface area (Å²) >= 11 is 0. The van der Waals surface area contributed by atoms with Gasteiger partial charge < -0.3 is 9.84 Å². The summed E-state index contributed by atoms with van der Waals surface area (Å²) in [7, 11) is 0.